The first-order valence-electron chi connectivity index (χ1n) is 3.78. The number of rotatable bonds is 6. The third-order valence-corrected chi connectivity index (χ3v) is 1.22. The lowest BCUT2D eigenvalue weighted by Gasteiger charge is -2.13. The molecule has 0 saturated carbocycles. The highest BCUT2D eigenvalue weighted by atomic mass is 16.5. The number of amides is 1. The minimum atomic E-state index is -1.15. The zero-order valence-electron chi connectivity index (χ0n) is 7.30. The summed E-state index contributed by atoms with van der Waals surface area (Å²) in [6.07, 6.45) is -1.15. The molecule has 0 aromatic carbocycles. The van der Waals surface area contributed by atoms with Crippen molar-refractivity contribution in [1.82, 2.24) is 5.32 Å². The van der Waals surface area contributed by atoms with E-state index in [1.165, 1.54) is 0 Å². The van der Waals surface area contributed by atoms with Crippen LogP contribution in [0, 0.1) is 0 Å². The molecule has 1 amide bonds. The van der Waals surface area contributed by atoms with Gasteiger partial charge in [0, 0.05) is 18.1 Å². The Hall–Kier alpha value is -1.46. The fourth-order valence-corrected chi connectivity index (χ4v) is 0.710. The maximum atomic E-state index is 10.2. The van der Waals surface area contributed by atoms with Crippen molar-refractivity contribution in [2.75, 3.05) is 19.8 Å². The van der Waals surface area contributed by atoms with Crippen molar-refractivity contribution in [1.29, 1.82) is 0 Å². The highest BCUT2D eigenvalue weighted by Gasteiger charge is 2.09. The molecule has 2 N–H and O–H groups in total. The molecule has 7 nitrogen and oxygen atoms in total. The van der Waals surface area contributed by atoms with E-state index < -0.39 is 12.1 Å². The zero-order valence-corrected chi connectivity index (χ0v) is 7.30. The summed E-state index contributed by atoms with van der Waals surface area (Å²) in [5, 5.41) is 13.8. The molecule has 0 saturated heterocycles. The summed E-state index contributed by atoms with van der Waals surface area (Å²) in [7, 11) is 0. The smallest absolute Gasteiger partial charge is 0.404 e. The van der Waals surface area contributed by atoms with Crippen LogP contribution >= 0.6 is 0 Å². The van der Waals surface area contributed by atoms with E-state index in [1.807, 2.05) is 0 Å². The molecule has 1 atom stereocenters. The van der Waals surface area contributed by atoms with Gasteiger partial charge in [-0.15, -0.1) is 0 Å². The van der Waals surface area contributed by atoms with Gasteiger partial charge in [-0.25, -0.2) is 4.79 Å². The van der Waals surface area contributed by atoms with Gasteiger partial charge in [0.05, 0.1) is 12.6 Å². The van der Waals surface area contributed by atoms with Gasteiger partial charge in [0.1, 0.15) is 0 Å². The lowest BCUT2D eigenvalue weighted by molar-refractivity contribution is 0.120. The van der Waals surface area contributed by atoms with E-state index in [2.05, 4.69) is 15.3 Å². The topological polar surface area (TPSA) is 107 Å². The van der Waals surface area contributed by atoms with E-state index in [-0.39, 0.29) is 13.2 Å². The number of hydrogen-bond acceptors (Lipinski definition) is 3. The molecular formula is C6H12N4O3. The van der Waals surface area contributed by atoms with E-state index in [4.69, 9.17) is 15.4 Å². The van der Waals surface area contributed by atoms with E-state index in [9.17, 15) is 4.79 Å². The van der Waals surface area contributed by atoms with Crippen LogP contribution < -0.4 is 5.32 Å². The third kappa shape index (κ3) is 6.92. The zero-order chi connectivity index (χ0) is 10.1. The van der Waals surface area contributed by atoms with E-state index >= 15 is 0 Å². The van der Waals surface area contributed by atoms with Crippen LogP contribution in [-0.2, 0) is 4.74 Å². The summed E-state index contributed by atoms with van der Waals surface area (Å²) in [5.41, 5.74) is 8.02. The van der Waals surface area contributed by atoms with Crippen LogP contribution in [0.5, 0.6) is 0 Å². The maximum absolute atomic E-state index is 10.2. The van der Waals surface area contributed by atoms with E-state index in [1.54, 1.807) is 6.92 Å². The second-order valence-corrected chi connectivity index (χ2v) is 2.22. The fourth-order valence-electron chi connectivity index (χ4n) is 0.710. The van der Waals surface area contributed by atoms with Gasteiger partial charge in [-0.1, -0.05) is 5.11 Å². The number of carboxylic acid groups (broad SMARTS) is 1. The summed E-state index contributed by atoms with van der Waals surface area (Å²) < 4.78 is 4.98. The minimum Gasteiger partial charge on any atom is -0.465 e. The Labute approximate surface area is 75.3 Å². The SMILES string of the molecule is CCOCC(CN=[N+]=[N-])NC(=O)O. The van der Waals surface area contributed by atoms with Crippen molar-refractivity contribution >= 4 is 6.09 Å². The number of carbonyl (C=O) groups is 1. The van der Waals surface area contributed by atoms with Crippen LogP contribution in [0.4, 0.5) is 4.79 Å². The highest BCUT2D eigenvalue weighted by molar-refractivity contribution is 5.64. The van der Waals surface area contributed by atoms with Gasteiger partial charge in [-0.05, 0) is 12.5 Å². The normalized spacial score (nSPS) is 11.5. The summed E-state index contributed by atoms with van der Waals surface area (Å²) in [4.78, 5) is 12.8. The molecule has 0 fully saturated rings. The number of ether oxygens (including phenoxy) is 1. The average molecular weight is 188 g/mol. The molecule has 0 aromatic rings. The fraction of sp³-hybridized carbons (Fsp3) is 0.833. The van der Waals surface area contributed by atoms with Gasteiger partial charge < -0.3 is 15.2 Å². The lowest BCUT2D eigenvalue weighted by Crippen LogP contribution is -2.39. The van der Waals surface area contributed by atoms with Crippen molar-refractivity contribution in [3.63, 3.8) is 0 Å². The van der Waals surface area contributed by atoms with Crippen LogP contribution in [0.25, 0.3) is 10.4 Å². The van der Waals surface area contributed by atoms with Gasteiger partial charge in [-0.3, -0.25) is 0 Å². The largest absolute Gasteiger partial charge is 0.465 e. The number of nitrogens with zero attached hydrogens (tertiary/aromatic N) is 3. The molecule has 13 heavy (non-hydrogen) atoms. The van der Waals surface area contributed by atoms with Crippen LogP contribution in [-0.4, -0.2) is 37.0 Å². The van der Waals surface area contributed by atoms with Crippen molar-refractivity contribution in [2.24, 2.45) is 5.11 Å². The molecule has 0 aliphatic rings. The third-order valence-electron chi connectivity index (χ3n) is 1.22. The molecule has 0 rings (SSSR count). The Morgan fingerprint density at radius 2 is 2.54 bits per heavy atom. The first kappa shape index (κ1) is 11.5. The molecule has 1 unspecified atom stereocenters. The van der Waals surface area contributed by atoms with Crippen molar-refractivity contribution in [3.05, 3.63) is 10.4 Å². The molecule has 7 heteroatoms. The Kier molecular flexibility index (Phi) is 6.39. The second kappa shape index (κ2) is 7.20. The van der Waals surface area contributed by atoms with Crippen molar-refractivity contribution in [3.8, 4) is 0 Å². The Balaban J connectivity index is 3.86. The van der Waals surface area contributed by atoms with Crippen LogP contribution in [0.1, 0.15) is 6.92 Å². The summed E-state index contributed by atoms with van der Waals surface area (Å²) in [5.74, 6) is 0. The summed E-state index contributed by atoms with van der Waals surface area (Å²) >= 11 is 0. The van der Waals surface area contributed by atoms with Crippen LogP contribution in [0.15, 0.2) is 5.11 Å². The van der Waals surface area contributed by atoms with Crippen molar-refractivity contribution < 1.29 is 14.6 Å². The molecule has 0 aromatic heterocycles. The van der Waals surface area contributed by atoms with E-state index in [0.29, 0.717) is 6.61 Å². The Morgan fingerprint density at radius 3 is 3.00 bits per heavy atom. The monoisotopic (exact) mass is 188 g/mol. The van der Waals surface area contributed by atoms with Gasteiger partial charge in [0.15, 0.2) is 0 Å². The Bertz CT molecular complexity index is 198. The average Bonchev–Trinajstić information content (AvgIpc) is 2.09. The molecule has 74 valence electrons. The highest BCUT2D eigenvalue weighted by Crippen LogP contribution is 1.88. The second-order valence-electron chi connectivity index (χ2n) is 2.22. The lowest BCUT2D eigenvalue weighted by atomic mass is 10.3. The standard InChI is InChI=1S/C6H12N4O3/c1-2-13-4-5(3-8-10-7)9-6(11)12/h5,9H,2-4H2,1H3,(H,11,12). The Morgan fingerprint density at radius 1 is 1.85 bits per heavy atom. The van der Waals surface area contributed by atoms with Gasteiger partial charge in [0.25, 0.3) is 0 Å². The molecule has 0 bridgehead atoms. The van der Waals surface area contributed by atoms with Gasteiger partial charge >= 0.3 is 6.09 Å². The van der Waals surface area contributed by atoms with Crippen molar-refractivity contribution in [2.45, 2.75) is 13.0 Å². The quantitative estimate of drug-likeness (QED) is 0.368. The van der Waals surface area contributed by atoms with Crippen LogP contribution in [0.3, 0.4) is 0 Å². The number of hydrogen-bond donors (Lipinski definition) is 2. The molecule has 0 spiro atoms. The van der Waals surface area contributed by atoms with Gasteiger partial charge in [-0.2, -0.15) is 0 Å². The molecule has 0 aliphatic carbocycles. The van der Waals surface area contributed by atoms with E-state index in [0.717, 1.165) is 0 Å². The summed E-state index contributed by atoms with van der Waals surface area (Å²) in [6, 6.07) is -0.478. The summed E-state index contributed by atoms with van der Waals surface area (Å²) in [6.45, 7) is 2.56. The maximum Gasteiger partial charge on any atom is 0.404 e. The molecule has 0 radical (unpaired) electrons. The van der Waals surface area contributed by atoms with Crippen LogP contribution in [0.2, 0.25) is 0 Å². The first-order valence-corrected chi connectivity index (χ1v) is 3.78. The minimum absolute atomic E-state index is 0.0583. The number of azide groups is 1. The first-order chi connectivity index (χ1) is 6.20. The predicted octanol–water partition coefficient (Wildman–Crippen LogP) is 0.969. The van der Waals surface area contributed by atoms with Gasteiger partial charge in [0.2, 0.25) is 0 Å². The molecule has 0 aliphatic heterocycles. The molecular weight excluding hydrogens is 176 g/mol. The molecule has 0 heterocycles. The predicted molar refractivity (Wildman–Crippen MR) is 45.5 cm³/mol. The number of nitrogens with one attached hydrogen (secondary N) is 1.